The van der Waals surface area contributed by atoms with Crippen LogP contribution >= 0.6 is 11.3 Å². The lowest BCUT2D eigenvalue weighted by Gasteiger charge is -2.40. The molecule has 0 saturated carbocycles. The Bertz CT molecular complexity index is 1340. The maximum absolute atomic E-state index is 12.6. The molecule has 0 bridgehead atoms. The zero-order valence-corrected chi connectivity index (χ0v) is 20.0. The molecular weight excluding hydrogens is 444 g/mol. The fourth-order valence-corrected chi connectivity index (χ4v) is 6.13. The first-order chi connectivity index (χ1) is 16.8. The Morgan fingerprint density at radius 2 is 1.68 bits per heavy atom. The van der Waals surface area contributed by atoms with Gasteiger partial charge in [0.15, 0.2) is 5.01 Å². The van der Waals surface area contributed by atoms with Crippen molar-refractivity contribution >= 4 is 22.1 Å². The Labute approximate surface area is 202 Å². The van der Waals surface area contributed by atoms with Crippen LogP contribution in [0.3, 0.4) is 0 Å². The first-order valence-electron chi connectivity index (χ1n) is 12.2. The number of anilines is 1. The van der Waals surface area contributed by atoms with Crippen molar-refractivity contribution in [2.45, 2.75) is 38.1 Å². The van der Waals surface area contributed by atoms with Crippen molar-refractivity contribution in [3.8, 4) is 21.7 Å². The molecule has 0 amide bonds. The van der Waals surface area contributed by atoms with Crippen LogP contribution in [0.25, 0.3) is 27.3 Å². The molecule has 0 unspecified atom stereocenters. The minimum absolute atomic E-state index is 0.103. The fourth-order valence-electron chi connectivity index (χ4n) is 5.25. The molecule has 2 aliphatic heterocycles. The van der Waals surface area contributed by atoms with Gasteiger partial charge in [0.2, 0.25) is 5.13 Å². The molecule has 2 saturated heterocycles. The molecule has 7 nitrogen and oxygen atoms in total. The van der Waals surface area contributed by atoms with E-state index in [4.69, 9.17) is 0 Å². The SMILES string of the molecule is O=c1ccnc2c(-c3ccccc3)cc(-c3nnc(N4CCC(N5CCCCC5)CC4)s3)cn12. The molecule has 2 fully saturated rings. The summed E-state index contributed by atoms with van der Waals surface area (Å²) in [5.41, 5.74) is 3.35. The van der Waals surface area contributed by atoms with Gasteiger partial charge in [0.05, 0.1) is 0 Å². The topological polar surface area (TPSA) is 66.6 Å². The summed E-state index contributed by atoms with van der Waals surface area (Å²) < 4.78 is 1.61. The molecule has 6 rings (SSSR count). The zero-order valence-electron chi connectivity index (χ0n) is 19.1. The van der Waals surface area contributed by atoms with Crippen molar-refractivity contribution in [3.63, 3.8) is 0 Å². The number of pyridine rings is 1. The zero-order chi connectivity index (χ0) is 22.9. The average molecular weight is 473 g/mol. The maximum Gasteiger partial charge on any atom is 0.257 e. The first-order valence-corrected chi connectivity index (χ1v) is 13.0. The van der Waals surface area contributed by atoms with E-state index in [0.717, 1.165) is 39.9 Å². The van der Waals surface area contributed by atoms with Crippen molar-refractivity contribution in [1.82, 2.24) is 24.5 Å². The lowest BCUT2D eigenvalue weighted by molar-refractivity contribution is 0.141. The number of aromatic nitrogens is 4. The van der Waals surface area contributed by atoms with Crippen molar-refractivity contribution < 1.29 is 0 Å². The molecule has 2 aliphatic rings. The van der Waals surface area contributed by atoms with Crippen molar-refractivity contribution in [3.05, 3.63) is 65.2 Å². The molecule has 5 heterocycles. The van der Waals surface area contributed by atoms with E-state index in [1.165, 1.54) is 51.3 Å². The van der Waals surface area contributed by atoms with Gasteiger partial charge >= 0.3 is 0 Å². The molecule has 4 aromatic rings. The summed E-state index contributed by atoms with van der Waals surface area (Å²) in [5, 5.41) is 10.8. The molecule has 1 aromatic carbocycles. The predicted octanol–water partition coefficient (Wildman–Crippen LogP) is 4.33. The van der Waals surface area contributed by atoms with E-state index in [1.807, 2.05) is 36.5 Å². The predicted molar refractivity (Wildman–Crippen MR) is 136 cm³/mol. The van der Waals surface area contributed by atoms with Crippen molar-refractivity contribution in [1.29, 1.82) is 0 Å². The Balaban J connectivity index is 1.28. The summed E-state index contributed by atoms with van der Waals surface area (Å²) >= 11 is 1.60. The summed E-state index contributed by atoms with van der Waals surface area (Å²) in [6.45, 7) is 4.56. The van der Waals surface area contributed by atoms with Gasteiger partial charge in [0, 0.05) is 48.7 Å². The number of likely N-dealkylation sites (tertiary alicyclic amines) is 1. The van der Waals surface area contributed by atoms with Crippen LogP contribution in [0, 0.1) is 0 Å². The maximum atomic E-state index is 12.6. The molecule has 8 heteroatoms. The molecule has 0 aliphatic carbocycles. The third kappa shape index (κ3) is 4.12. The van der Waals surface area contributed by atoms with Gasteiger partial charge in [-0.25, -0.2) is 4.98 Å². The molecule has 34 heavy (non-hydrogen) atoms. The highest BCUT2D eigenvalue weighted by atomic mass is 32.1. The van der Waals surface area contributed by atoms with Crippen LogP contribution in [0.4, 0.5) is 5.13 Å². The molecular formula is C26H28N6OS. The quantitative estimate of drug-likeness (QED) is 0.440. The van der Waals surface area contributed by atoms with Crippen LogP contribution in [0.1, 0.15) is 32.1 Å². The highest BCUT2D eigenvalue weighted by molar-refractivity contribution is 7.18. The lowest BCUT2D eigenvalue weighted by atomic mass is 10.0. The van der Waals surface area contributed by atoms with Crippen molar-refractivity contribution in [2.75, 3.05) is 31.1 Å². The standard InChI is InChI=1S/C26H28N6OS/c33-23-9-12-27-24-22(19-7-3-1-4-8-19)17-20(18-32(23)24)25-28-29-26(34-25)31-15-10-21(11-16-31)30-13-5-2-6-14-30/h1,3-4,7-9,12,17-18,21H,2,5-6,10-11,13-16H2. The van der Waals surface area contributed by atoms with Gasteiger partial charge in [0.1, 0.15) is 5.65 Å². The second-order valence-corrected chi connectivity index (χ2v) is 10.1. The van der Waals surface area contributed by atoms with Crippen molar-refractivity contribution in [2.24, 2.45) is 0 Å². The van der Waals surface area contributed by atoms with Crippen LogP contribution in [-0.4, -0.2) is 56.7 Å². The number of benzene rings is 1. The molecule has 3 aromatic heterocycles. The van der Waals surface area contributed by atoms with Gasteiger partial charge in [0.25, 0.3) is 5.56 Å². The van der Waals surface area contributed by atoms with Gasteiger partial charge in [-0.2, -0.15) is 0 Å². The van der Waals surface area contributed by atoms with E-state index in [0.29, 0.717) is 11.7 Å². The van der Waals surface area contributed by atoms with Gasteiger partial charge in [-0.3, -0.25) is 9.20 Å². The minimum Gasteiger partial charge on any atom is -0.347 e. The van der Waals surface area contributed by atoms with E-state index in [-0.39, 0.29) is 5.56 Å². The molecule has 0 spiro atoms. The fraction of sp³-hybridized carbons (Fsp3) is 0.385. The highest BCUT2D eigenvalue weighted by Gasteiger charge is 2.27. The van der Waals surface area contributed by atoms with Gasteiger partial charge in [-0.1, -0.05) is 48.1 Å². The van der Waals surface area contributed by atoms with Gasteiger partial charge < -0.3 is 9.80 Å². The van der Waals surface area contributed by atoms with Crippen LogP contribution in [0.15, 0.2) is 59.7 Å². The normalized spacial score (nSPS) is 17.9. The summed E-state index contributed by atoms with van der Waals surface area (Å²) in [7, 11) is 0. The third-order valence-electron chi connectivity index (χ3n) is 7.08. The Morgan fingerprint density at radius 1 is 0.882 bits per heavy atom. The third-order valence-corrected chi connectivity index (χ3v) is 8.11. The van der Waals surface area contributed by atoms with E-state index in [9.17, 15) is 4.79 Å². The summed E-state index contributed by atoms with van der Waals surface area (Å²) in [5.74, 6) is 0. The Morgan fingerprint density at radius 3 is 2.47 bits per heavy atom. The minimum atomic E-state index is -0.103. The van der Waals surface area contributed by atoms with E-state index in [1.54, 1.807) is 21.9 Å². The summed E-state index contributed by atoms with van der Waals surface area (Å²) in [6, 6.07) is 14.3. The smallest absolute Gasteiger partial charge is 0.257 e. The molecule has 0 N–H and O–H groups in total. The van der Waals surface area contributed by atoms with Gasteiger partial charge in [-0.15, -0.1) is 10.2 Å². The van der Waals surface area contributed by atoms with E-state index in [2.05, 4.69) is 31.0 Å². The van der Waals surface area contributed by atoms with Crippen LogP contribution in [0.5, 0.6) is 0 Å². The highest BCUT2D eigenvalue weighted by Crippen LogP contribution is 2.34. The largest absolute Gasteiger partial charge is 0.347 e. The number of nitrogens with zero attached hydrogens (tertiary/aromatic N) is 6. The van der Waals surface area contributed by atoms with E-state index < -0.39 is 0 Å². The molecule has 0 radical (unpaired) electrons. The number of hydrogen-bond acceptors (Lipinski definition) is 7. The monoisotopic (exact) mass is 472 g/mol. The number of hydrogen-bond donors (Lipinski definition) is 0. The summed E-state index contributed by atoms with van der Waals surface area (Å²) in [6.07, 6.45) is 9.84. The second kappa shape index (κ2) is 9.27. The number of rotatable bonds is 4. The van der Waals surface area contributed by atoms with Gasteiger partial charge in [-0.05, 0) is 50.4 Å². The van der Waals surface area contributed by atoms with Crippen LogP contribution in [0.2, 0.25) is 0 Å². The first kappa shape index (κ1) is 21.4. The van der Waals surface area contributed by atoms with Crippen LogP contribution in [-0.2, 0) is 0 Å². The molecule has 0 atom stereocenters. The second-order valence-electron chi connectivity index (χ2n) is 9.19. The lowest BCUT2D eigenvalue weighted by Crippen LogP contribution is -2.46. The molecule has 174 valence electrons. The average Bonchev–Trinajstić information content (AvgIpc) is 3.40. The van der Waals surface area contributed by atoms with Crippen LogP contribution < -0.4 is 10.5 Å². The number of fused-ring (bicyclic) bond motifs is 1. The van der Waals surface area contributed by atoms with E-state index >= 15 is 0 Å². The summed E-state index contributed by atoms with van der Waals surface area (Å²) in [4.78, 5) is 22.2. The number of piperidine rings is 2. The Hall–Kier alpha value is -3.10. The Kier molecular flexibility index (Phi) is 5.84.